The van der Waals surface area contributed by atoms with Gasteiger partial charge in [-0.25, -0.2) is 0 Å². The molecule has 0 amide bonds. The molecular formula is C14H17ClN2OS. The second kappa shape index (κ2) is 5.88. The van der Waals surface area contributed by atoms with Gasteiger partial charge in [-0.1, -0.05) is 18.5 Å². The van der Waals surface area contributed by atoms with Gasteiger partial charge in [0.25, 0.3) is 0 Å². The summed E-state index contributed by atoms with van der Waals surface area (Å²) in [7, 11) is 0. The Hall–Kier alpha value is -1.13. The third-order valence-corrected chi connectivity index (χ3v) is 4.48. The SMILES string of the molecule is CCc1nn(CC)c(CC(=O)c2cscc2C)c1Cl. The van der Waals surface area contributed by atoms with Crippen molar-refractivity contribution in [3.8, 4) is 0 Å². The van der Waals surface area contributed by atoms with E-state index in [1.165, 1.54) is 0 Å². The van der Waals surface area contributed by atoms with Gasteiger partial charge in [0.05, 0.1) is 22.8 Å². The Labute approximate surface area is 122 Å². The largest absolute Gasteiger partial charge is 0.294 e. The van der Waals surface area contributed by atoms with Crippen LogP contribution in [0.5, 0.6) is 0 Å². The highest BCUT2D eigenvalue weighted by Gasteiger charge is 2.19. The smallest absolute Gasteiger partial charge is 0.169 e. The van der Waals surface area contributed by atoms with Crippen molar-refractivity contribution in [1.82, 2.24) is 9.78 Å². The van der Waals surface area contributed by atoms with Crippen LogP contribution in [0.1, 0.15) is 41.2 Å². The van der Waals surface area contributed by atoms with Gasteiger partial charge in [-0.05, 0) is 31.2 Å². The van der Waals surface area contributed by atoms with Gasteiger partial charge >= 0.3 is 0 Å². The van der Waals surface area contributed by atoms with Gasteiger partial charge in [0.2, 0.25) is 0 Å². The molecule has 0 N–H and O–H groups in total. The van der Waals surface area contributed by atoms with Crippen LogP contribution < -0.4 is 0 Å². The Morgan fingerprint density at radius 3 is 2.68 bits per heavy atom. The number of hydrogen-bond donors (Lipinski definition) is 0. The average Bonchev–Trinajstić information content (AvgIpc) is 2.95. The summed E-state index contributed by atoms with van der Waals surface area (Å²) in [5, 5.41) is 8.97. The van der Waals surface area contributed by atoms with Crippen molar-refractivity contribution in [1.29, 1.82) is 0 Å². The van der Waals surface area contributed by atoms with E-state index in [9.17, 15) is 4.79 Å². The Balaban J connectivity index is 2.31. The van der Waals surface area contributed by atoms with Gasteiger partial charge in [0, 0.05) is 17.5 Å². The predicted molar refractivity (Wildman–Crippen MR) is 79.4 cm³/mol. The lowest BCUT2D eigenvalue weighted by Gasteiger charge is -2.04. The molecule has 2 aromatic rings. The number of carbonyl (C=O) groups is 1. The van der Waals surface area contributed by atoms with E-state index >= 15 is 0 Å². The predicted octanol–water partition coefficient (Wildman–Crippen LogP) is 3.91. The number of aryl methyl sites for hydroxylation is 3. The summed E-state index contributed by atoms with van der Waals surface area (Å²) in [6.45, 7) is 6.71. The number of hydrogen-bond acceptors (Lipinski definition) is 3. The normalized spacial score (nSPS) is 10.9. The summed E-state index contributed by atoms with van der Waals surface area (Å²) < 4.78 is 1.83. The minimum absolute atomic E-state index is 0.109. The molecule has 0 aliphatic heterocycles. The Bertz CT molecular complexity index is 601. The first-order valence-corrected chi connectivity index (χ1v) is 7.70. The number of ketones is 1. The average molecular weight is 297 g/mol. The fourth-order valence-corrected chi connectivity index (χ4v) is 3.27. The van der Waals surface area contributed by atoms with Gasteiger partial charge in [-0.3, -0.25) is 9.48 Å². The zero-order chi connectivity index (χ0) is 14.0. The van der Waals surface area contributed by atoms with E-state index in [0.29, 0.717) is 11.4 Å². The minimum Gasteiger partial charge on any atom is -0.294 e. The number of aromatic nitrogens is 2. The number of carbonyl (C=O) groups excluding carboxylic acids is 1. The van der Waals surface area contributed by atoms with Gasteiger partial charge in [-0.2, -0.15) is 16.4 Å². The van der Waals surface area contributed by atoms with Crippen LogP contribution in [-0.4, -0.2) is 15.6 Å². The zero-order valence-electron chi connectivity index (χ0n) is 11.4. The van der Waals surface area contributed by atoms with Crippen molar-refractivity contribution >= 4 is 28.7 Å². The van der Waals surface area contributed by atoms with Crippen molar-refractivity contribution in [2.45, 2.75) is 40.2 Å². The van der Waals surface area contributed by atoms with Crippen molar-refractivity contribution in [3.05, 3.63) is 38.3 Å². The van der Waals surface area contributed by atoms with E-state index in [2.05, 4.69) is 5.10 Å². The van der Waals surface area contributed by atoms with E-state index in [1.807, 2.05) is 36.2 Å². The van der Waals surface area contributed by atoms with Crippen molar-refractivity contribution in [3.63, 3.8) is 0 Å². The van der Waals surface area contributed by atoms with Gasteiger partial charge in [0.1, 0.15) is 0 Å². The maximum Gasteiger partial charge on any atom is 0.169 e. The van der Waals surface area contributed by atoms with Crippen LogP contribution in [0, 0.1) is 6.92 Å². The lowest BCUT2D eigenvalue weighted by Crippen LogP contribution is -2.10. The molecular weight excluding hydrogens is 280 g/mol. The van der Waals surface area contributed by atoms with E-state index < -0.39 is 0 Å². The molecule has 3 nitrogen and oxygen atoms in total. The molecule has 0 bridgehead atoms. The van der Waals surface area contributed by atoms with Gasteiger partial charge in [-0.15, -0.1) is 0 Å². The van der Waals surface area contributed by atoms with Crippen LogP contribution in [0.4, 0.5) is 0 Å². The highest BCUT2D eigenvalue weighted by atomic mass is 35.5. The number of thiophene rings is 1. The second-order valence-electron chi connectivity index (χ2n) is 4.45. The number of rotatable bonds is 5. The highest BCUT2D eigenvalue weighted by Crippen LogP contribution is 2.24. The molecule has 5 heteroatoms. The summed E-state index contributed by atoms with van der Waals surface area (Å²) in [5.74, 6) is 0.109. The Kier molecular flexibility index (Phi) is 4.42. The molecule has 2 rings (SSSR count). The van der Waals surface area contributed by atoms with Crippen molar-refractivity contribution in [2.75, 3.05) is 0 Å². The standard InChI is InChI=1S/C14H17ClN2OS/c1-4-11-14(15)12(17(5-2)16-11)6-13(18)10-8-19-7-9(10)3/h7-8H,4-6H2,1-3H3. The molecule has 0 unspecified atom stereocenters. The van der Waals surface area contributed by atoms with E-state index in [0.717, 1.165) is 35.5 Å². The van der Waals surface area contributed by atoms with Crippen LogP contribution in [0.15, 0.2) is 10.8 Å². The maximum atomic E-state index is 12.3. The summed E-state index contributed by atoms with van der Waals surface area (Å²) in [4.78, 5) is 12.3. The topological polar surface area (TPSA) is 34.9 Å². The molecule has 0 saturated heterocycles. The molecule has 0 spiro atoms. The summed E-state index contributed by atoms with van der Waals surface area (Å²) in [5.41, 5.74) is 3.53. The van der Waals surface area contributed by atoms with Crippen molar-refractivity contribution in [2.24, 2.45) is 0 Å². The molecule has 102 valence electrons. The van der Waals surface area contributed by atoms with E-state index in [4.69, 9.17) is 11.6 Å². The fourth-order valence-electron chi connectivity index (χ4n) is 2.08. The molecule has 0 saturated carbocycles. The molecule has 2 aromatic heterocycles. The molecule has 0 fully saturated rings. The summed E-state index contributed by atoms with van der Waals surface area (Å²) in [6.07, 6.45) is 1.10. The first-order valence-electron chi connectivity index (χ1n) is 6.38. The maximum absolute atomic E-state index is 12.3. The van der Waals surface area contributed by atoms with E-state index in [1.54, 1.807) is 11.3 Å². The molecule has 0 aliphatic carbocycles. The number of nitrogens with zero attached hydrogens (tertiary/aromatic N) is 2. The fraction of sp³-hybridized carbons (Fsp3) is 0.429. The van der Waals surface area contributed by atoms with Crippen LogP contribution in [0.25, 0.3) is 0 Å². The zero-order valence-corrected chi connectivity index (χ0v) is 12.9. The molecule has 0 aromatic carbocycles. The van der Waals surface area contributed by atoms with Crippen LogP contribution in [0.2, 0.25) is 5.02 Å². The second-order valence-corrected chi connectivity index (χ2v) is 5.57. The van der Waals surface area contributed by atoms with Crippen LogP contribution in [0.3, 0.4) is 0 Å². The first kappa shape index (κ1) is 14.3. The Morgan fingerprint density at radius 2 is 2.16 bits per heavy atom. The lowest BCUT2D eigenvalue weighted by molar-refractivity contribution is 0.0990. The minimum atomic E-state index is 0.109. The number of halogens is 1. The van der Waals surface area contributed by atoms with E-state index in [-0.39, 0.29) is 5.78 Å². The monoisotopic (exact) mass is 296 g/mol. The first-order chi connectivity index (χ1) is 9.08. The molecule has 2 heterocycles. The molecule has 0 atom stereocenters. The lowest BCUT2D eigenvalue weighted by atomic mass is 10.1. The third-order valence-electron chi connectivity index (χ3n) is 3.18. The van der Waals surface area contributed by atoms with Gasteiger partial charge in [0.15, 0.2) is 5.78 Å². The van der Waals surface area contributed by atoms with Crippen LogP contribution >= 0.6 is 22.9 Å². The summed E-state index contributed by atoms with van der Waals surface area (Å²) >= 11 is 7.87. The highest BCUT2D eigenvalue weighted by molar-refractivity contribution is 7.08. The number of Topliss-reactive ketones (excluding diaryl/α,β-unsaturated/α-hetero) is 1. The van der Waals surface area contributed by atoms with Gasteiger partial charge < -0.3 is 0 Å². The molecule has 19 heavy (non-hydrogen) atoms. The Morgan fingerprint density at radius 1 is 1.42 bits per heavy atom. The summed E-state index contributed by atoms with van der Waals surface area (Å²) in [6, 6.07) is 0. The molecule has 0 radical (unpaired) electrons. The third kappa shape index (κ3) is 2.74. The quantitative estimate of drug-likeness (QED) is 0.784. The molecule has 0 aliphatic rings. The van der Waals surface area contributed by atoms with Crippen molar-refractivity contribution < 1.29 is 4.79 Å². The van der Waals surface area contributed by atoms with Crippen LogP contribution in [-0.2, 0) is 19.4 Å².